The summed E-state index contributed by atoms with van der Waals surface area (Å²) < 4.78 is 21.8. The van der Waals surface area contributed by atoms with E-state index in [9.17, 15) is 9.13 Å². The summed E-state index contributed by atoms with van der Waals surface area (Å²) in [6.45, 7) is 0.512. The van der Waals surface area contributed by atoms with Gasteiger partial charge in [-0.15, -0.1) is 0 Å². The van der Waals surface area contributed by atoms with E-state index in [0.717, 1.165) is 0 Å². The van der Waals surface area contributed by atoms with Crippen molar-refractivity contribution in [1.82, 2.24) is 10.6 Å². The summed E-state index contributed by atoms with van der Waals surface area (Å²) in [5.74, 6) is -3.06. The highest BCUT2D eigenvalue weighted by atomic mass is 31.2. The van der Waals surface area contributed by atoms with Crippen molar-refractivity contribution >= 4 is 15.2 Å². The van der Waals surface area contributed by atoms with Crippen molar-refractivity contribution in [3.05, 3.63) is 0 Å². The van der Waals surface area contributed by atoms with Gasteiger partial charge >= 0.3 is 15.2 Å². The molecule has 1 aliphatic rings. The van der Waals surface area contributed by atoms with Gasteiger partial charge < -0.3 is 30.2 Å². The topological polar surface area (TPSA) is 139 Å². The first-order chi connectivity index (χ1) is 6.23. The van der Waals surface area contributed by atoms with Gasteiger partial charge in [0.05, 0.1) is 0 Å². The maximum atomic E-state index is 10.9. The number of hydrogen-bond donors (Lipinski definition) is 6. The molecule has 0 aromatic carbocycles. The zero-order chi connectivity index (χ0) is 11.0. The Bertz CT molecular complexity index is 266. The number of piperazine rings is 1. The van der Waals surface area contributed by atoms with Crippen LogP contribution in [-0.4, -0.2) is 44.2 Å². The molecule has 0 saturated carbocycles. The minimum atomic E-state index is -4.56. The molecule has 0 amide bonds. The van der Waals surface area contributed by atoms with Crippen LogP contribution >= 0.6 is 15.2 Å². The van der Waals surface area contributed by atoms with Crippen LogP contribution in [0.3, 0.4) is 0 Å². The zero-order valence-electron chi connectivity index (χ0n) is 7.07. The first kappa shape index (κ1) is 12.3. The summed E-state index contributed by atoms with van der Waals surface area (Å²) in [6.07, 6.45) is 0. The second-order valence-corrected chi connectivity index (χ2v) is 6.45. The highest BCUT2D eigenvalue weighted by Gasteiger charge is 2.46. The van der Waals surface area contributed by atoms with Gasteiger partial charge in [-0.25, -0.2) is 0 Å². The lowest BCUT2D eigenvalue weighted by atomic mass is 10.4. The van der Waals surface area contributed by atoms with Gasteiger partial charge in [-0.05, 0) is 0 Å². The average molecular weight is 246 g/mol. The summed E-state index contributed by atoms with van der Waals surface area (Å²) in [6, 6.07) is 0. The second-order valence-electron chi connectivity index (χ2n) is 2.98. The minimum absolute atomic E-state index is 0.256. The Morgan fingerprint density at radius 3 is 1.36 bits per heavy atom. The van der Waals surface area contributed by atoms with Crippen LogP contribution in [0.15, 0.2) is 0 Å². The van der Waals surface area contributed by atoms with E-state index in [1.165, 1.54) is 0 Å². The summed E-state index contributed by atoms with van der Waals surface area (Å²) in [5.41, 5.74) is 0. The molecule has 10 heteroatoms. The molecule has 6 N–H and O–H groups in total. The number of hydrogen-bond acceptors (Lipinski definition) is 4. The summed E-state index contributed by atoms with van der Waals surface area (Å²) in [7, 11) is -9.12. The molecule has 1 saturated heterocycles. The smallest absolute Gasteiger partial charge is 0.323 e. The van der Waals surface area contributed by atoms with Crippen LogP contribution in [0.4, 0.5) is 0 Å². The molecular formula is C4H12N2O6P2. The second kappa shape index (κ2) is 4.00. The molecule has 0 spiro atoms. The molecule has 0 bridgehead atoms. The molecule has 0 unspecified atom stereocenters. The molecule has 0 aliphatic carbocycles. The third-order valence-electron chi connectivity index (χ3n) is 1.86. The van der Waals surface area contributed by atoms with Crippen LogP contribution in [-0.2, 0) is 9.13 Å². The normalized spacial score (nSPS) is 30.3. The van der Waals surface area contributed by atoms with Crippen molar-refractivity contribution in [1.29, 1.82) is 0 Å². The Morgan fingerprint density at radius 1 is 0.857 bits per heavy atom. The highest BCUT2D eigenvalue weighted by Crippen LogP contribution is 2.52. The van der Waals surface area contributed by atoms with E-state index < -0.39 is 26.8 Å². The molecule has 84 valence electrons. The van der Waals surface area contributed by atoms with Crippen molar-refractivity contribution in [2.45, 2.75) is 11.6 Å². The number of rotatable bonds is 2. The zero-order valence-corrected chi connectivity index (χ0v) is 8.86. The predicted molar refractivity (Wildman–Crippen MR) is 47.7 cm³/mol. The summed E-state index contributed by atoms with van der Waals surface area (Å²) in [5, 5.41) is 4.80. The van der Waals surface area contributed by atoms with Gasteiger partial charge in [-0.1, -0.05) is 0 Å². The number of nitrogens with one attached hydrogen (secondary N) is 2. The van der Waals surface area contributed by atoms with E-state index in [1.807, 2.05) is 0 Å². The molecular weight excluding hydrogens is 234 g/mol. The van der Waals surface area contributed by atoms with Crippen LogP contribution in [0.25, 0.3) is 0 Å². The highest BCUT2D eigenvalue weighted by molar-refractivity contribution is 7.57. The first-order valence-corrected chi connectivity index (χ1v) is 7.16. The monoisotopic (exact) mass is 246 g/mol. The van der Waals surface area contributed by atoms with E-state index in [1.54, 1.807) is 0 Å². The van der Waals surface area contributed by atoms with Gasteiger partial charge in [0, 0.05) is 13.1 Å². The fourth-order valence-electron chi connectivity index (χ4n) is 1.27. The van der Waals surface area contributed by atoms with E-state index in [4.69, 9.17) is 19.6 Å². The predicted octanol–water partition coefficient (Wildman–Crippen LogP) is -1.81. The molecule has 1 heterocycles. The molecule has 8 nitrogen and oxygen atoms in total. The summed E-state index contributed by atoms with van der Waals surface area (Å²) >= 11 is 0. The Kier molecular flexibility index (Phi) is 3.51. The van der Waals surface area contributed by atoms with Gasteiger partial charge in [0.2, 0.25) is 0 Å². The van der Waals surface area contributed by atoms with Crippen molar-refractivity contribution in [2.75, 3.05) is 13.1 Å². The summed E-state index contributed by atoms with van der Waals surface area (Å²) in [4.78, 5) is 35.4. The van der Waals surface area contributed by atoms with Gasteiger partial charge in [-0.3, -0.25) is 9.13 Å². The van der Waals surface area contributed by atoms with Crippen molar-refractivity contribution in [2.24, 2.45) is 0 Å². The lowest BCUT2D eigenvalue weighted by Crippen LogP contribution is -2.55. The van der Waals surface area contributed by atoms with E-state index in [0.29, 0.717) is 0 Å². The van der Waals surface area contributed by atoms with Crippen molar-refractivity contribution < 1.29 is 28.7 Å². The van der Waals surface area contributed by atoms with Gasteiger partial charge in [-0.2, -0.15) is 0 Å². The first-order valence-electron chi connectivity index (χ1n) is 3.80. The molecule has 14 heavy (non-hydrogen) atoms. The van der Waals surface area contributed by atoms with E-state index >= 15 is 0 Å². The van der Waals surface area contributed by atoms with Crippen LogP contribution in [0.2, 0.25) is 0 Å². The SMILES string of the molecule is O=P(O)(O)[C@@H]1NCCN[C@@H]1P(=O)(O)O. The Hall–Kier alpha value is 0.220. The van der Waals surface area contributed by atoms with Gasteiger partial charge in [0.1, 0.15) is 11.6 Å². The van der Waals surface area contributed by atoms with Gasteiger partial charge in [0.25, 0.3) is 0 Å². The molecule has 0 aromatic heterocycles. The largest absolute Gasteiger partial charge is 0.344 e. The van der Waals surface area contributed by atoms with Crippen molar-refractivity contribution in [3.8, 4) is 0 Å². The molecule has 2 atom stereocenters. The fraction of sp³-hybridized carbons (Fsp3) is 1.00. The standard InChI is InChI=1S/C4H12N2O6P2/c7-13(8,9)3-4(14(10,11)12)6-2-1-5-3/h3-6H,1-2H2,(H2,7,8,9)(H2,10,11,12)/t3-,4+. The molecule has 1 aliphatic heterocycles. The average Bonchev–Trinajstić information content (AvgIpc) is 2.01. The molecule has 0 radical (unpaired) electrons. The van der Waals surface area contributed by atoms with Crippen LogP contribution < -0.4 is 10.6 Å². The quantitative estimate of drug-likeness (QED) is 0.313. The Labute approximate surface area is 80.0 Å². The molecule has 1 rings (SSSR count). The van der Waals surface area contributed by atoms with Gasteiger partial charge in [0.15, 0.2) is 0 Å². The van der Waals surface area contributed by atoms with Crippen LogP contribution in [0.1, 0.15) is 0 Å². The van der Waals surface area contributed by atoms with Crippen LogP contribution in [0.5, 0.6) is 0 Å². The maximum Gasteiger partial charge on any atom is 0.344 e. The van der Waals surface area contributed by atoms with Crippen LogP contribution in [0, 0.1) is 0 Å². The molecule has 0 aromatic rings. The van der Waals surface area contributed by atoms with E-state index in [-0.39, 0.29) is 13.1 Å². The third kappa shape index (κ3) is 2.85. The minimum Gasteiger partial charge on any atom is -0.323 e. The third-order valence-corrected chi connectivity index (χ3v) is 4.50. The lowest BCUT2D eigenvalue weighted by Gasteiger charge is -2.33. The Balaban J connectivity index is 2.91. The van der Waals surface area contributed by atoms with E-state index in [2.05, 4.69) is 10.6 Å². The molecule has 1 fully saturated rings. The lowest BCUT2D eigenvalue weighted by molar-refractivity contribution is 0.289. The van der Waals surface area contributed by atoms with Crippen molar-refractivity contribution in [3.63, 3.8) is 0 Å². The fourth-order valence-corrected chi connectivity index (χ4v) is 3.99. The maximum absolute atomic E-state index is 10.9. The Morgan fingerprint density at radius 2 is 1.14 bits per heavy atom.